The zero-order valence-corrected chi connectivity index (χ0v) is 19.4. The number of hydrogen-bond donors (Lipinski definition) is 1. The van der Waals surface area contributed by atoms with Gasteiger partial charge in [0.15, 0.2) is 27.4 Å². The van der Waals surface area contributed by atoms with Gasteiger partial charge in [0.25, 0.3) is 5.56 Å². The molecule has 1 amide bonds. The number of amides is 1. The first-order valence-corrected chi connectivity index (χ1v) is 11.9. The van der Waals surface area contributed by atoms with Crippen molar-refractivity contribution >= 4 is 50.2 Å². The Hall–Kier alpha value is -3.05. The standard InChI is InChI=1S/C21H23N5O4S2/c1-4-9-26-19(28)17-18(23-20(32-17)25(5-2)6-3)24-21(26)31-11-16(27)22-13-7-8-14-15(10-13)30-12-29-14/h4,7-8,10H,1,5-6,9,11-12H2,2-3H3,(H,22,27). The van der Waals surface area contributed by atoms with E-state index in [2.05, 4.69) is 26.8 Å². The van der Waals surface area contributed by atoms with Gasteiger partial charge in [-0.2, -0.15) is 4.98 Å². The zero-order valence-electron chi connectivity index (χ0n) is 17.8. The van der Waals surface area contributed by atoms with Gasteiger partial charge in [-0.15, -0.1) is 6.58 Å². The molecule has 0 saturated carbocycles. The molecule has 0 fully saturated rings. The topological polar surface area (TPSA) is 98.6 Å². The van der Waals surface area contributed by atoms with E-state index >= 15 is 0 Å². The number of fused-ring (bicyclic) bond motifs is 2. The highest BCUT2D eigenvalue weighted by Crippen LogP contribution is 2.34. The largest absolute Gasteiger partial charge is 0.454 e. The van der Waals surface area contributed by atoms with Crippen molar-refractivity contribution in [1.82, 2.24) is 14.5 Å². The van der Waals surface area contributed by atoms with Crippen LogP contribution in [0.2, 0.25) is 0 Å². The number of thioether (sulfide) groups is 1. The van der Waals surface area contributed by atoms with Crippen LogP contribution in [0.25, 0.3) is 10.3 Å². The zero-order chi connectivity index (χ0) is 22.7. The predicted octanol–water partition coefficient (Wildman–Crippen LogP) is 3.34. The first kappa shape index (κ1) is 22.2. The molecule has 4 rings (SSSR count). The molecule has 3 heterocycles. The van der Waals surface area contributed by atoms with E-state index in [9.17, 15) is 9.59 Å². The van der Waals surface area contributed by atoms with Gasteiger partial charge in [-0.1, -0.05) is 29.2 Å². The van der Waals surface area contributed by atoms with E-state index in [1.807, 2.05) is 13.8 Å². The summed E-state index contributed by atoms with van der Waals surface area (Å²) < 4.78 is 12.6. The summed E-state index contributed by atoms with van der Waals surface area (Å²) in [5.74, 6) is 1.09. The van der Waals surface area contributed by atoms with Crippen molar-refractivity contribution < 1.29 is 14.3 Å². The molecule has 1 aliphatic rings. The number of carbonyl (C=O) groups is 1. The van der Waals surface area contributed by atoms with Gasteiger partial charge < -0.3 is 19.7 Å². The van der Waals surface area contributed by atoms with Crippen LogP contribution in [0.5, 0.6) is 11.5 Å². The molecule has 0 atom stereocenters. The van der Waals surface area contributed by atoms with Crippen LogP contribution < -0.4 is 25.2 Å². The third kappa shape index (κ3) is 4.44. The average molecular weight is 474 g/mol. The maximum absolute atomic E-state index is 13.1. The second kappa shape index (κ2) is 9.61. The lowest BCUT2D eigenvalue weighted by Gasteiger charge is -2.15. The number of allylic oxidation sites excluding steroid dienone is 1. The van der Waals surface area contributed by atoms with E-state index in [0.717, 1.165) is 18.2 Å². The highest BCUT2D eigenvalue weighted by atomic mass is 32.2. The first-order chi connectivity index (χ1) is 15.5. The Morgan fingerprint density at radius 1 is 1.31 bits per heavy atom. The van der Waals surface area contributed by atoms with Crippen molar-refractivity contribution in [3.05, 3.63) is 41.2 Å². The summed E-state index contributed by atoms with van der Waals surface area (Å²) in [4.78, 5) is 36.8. The van der Waals surface area contributed by atoms with E-state index in [-0.39, 0.29) is 24.0 Å². The maximum Gasteiger partial charge on any atom is 0.274 e. The minimum atomic E-state index is -0.226. The van der Waals surface area contributed by atoms with Crippen LogP contribution in [0.3, 0.4) is 0 Å². The predicted molar refractivity (Wildman–Crippen MR) is 127 cm³/mol. The molecular weight excluding hydrogens is 450 g/mol. The smallest absolute Gasteiger partial charge is 0.274 e. The van der Waals surface area contributed by atoms with Crippen molar-refractivity contribution in [3.8, 4) is 11.5 Å². The highest BCUT2D eigenvalue weighted by Gasteiger charge is 2.19. The Morgan fingerprint density at radius 3 is 2.84 bits per heavy atom. The number of aromatic nitrogens is 3. The van der Waals surface area contributed by atoms with Gasteiger partial charge in [0, 0.05) is 31.4 Å². The Bertz CT molecular complexity index is 1220. The number of carbonyl (C=O) groups excluding carboxylic acids is 1. The van der Waals surface area contributed by atoms with E-state index in [0.29, 0.717) is 39.2 Å². The number of anilines is 2. The molecule has 3 aromatic rings. The van der Waals surface area contributed by atoms with Crippen LogP contribution in [0, 0.1) is 0 Å². The number of rotatable bonds is 9. The maximum atomic E-state index is 13.1. The van der Waals surface area contributed by atoms with Crippen LogP contribution in [0.15, 0.2) is 40.8 Å². The molecule has 0 radical (unpaired) electrons. The molecular formula is C21H23N5O4S2. The Kier molecular flexibility index (Phi) is 6.66. The van der Waals surface area contributed by atoms with Crippen molar-refractivity contribution in [2.45, 2.75) is 25.5 Å². The molecule has 0 saturated heterocycles. The molecule has 1 aliphatic heterocycles. The molecule has 1 N–H and O–H groups in total. The molecule has 0 aliphatic carbocycles. The van der Waals surface area contributed by atoms with Crippen LogP contribution in [-0.2, 0) is 11.3 Å². The van der Waals surface area contributed by atoms with Gasteiger partial charge in [0.1, 0.15) is 4.70 Å². The Morgan fingerprint density at radius 2 is 2.09 bits per heavy atom. The summed E-state index contributed by atoms with van der Waals surface area (Å²) in [5, 5.41) is 4.02. The third-order valence-electron chi connectivity index (χ3n) is 4.80. The molecule has 32 heavy (non-hydrogen) atoms. The molecule has 168 valence electrons. The van der Waals surface area contributed by atoms with Gasteiger partial charge in [0.05, 0.1) is 5.75 Å². The number of nitrogens with one attached hydrogen (secondary N) is 1. The number of hydrogen-bond acceptors (Lipinski definition) is 9. The average Bonchev–Trinajstić information content (AvgIpc) is 3.42. The molecule has 1 aromatic carbocycles. The highest BCUT2D eigenvalue weighted by molar-refractivity contribution is 7.99. The van der Waals surface area contributed by atoms with Gasteiger partial charge >= 0.3 is 0 Å². The molecule has 9 nitrogen and oxygen atoms in total. The third-order valence-corrected chi connectivity index (χ3v) is 6.87. The fourth-order valence-electron chi connectivity index (χ4n) is 3.21. The van der Waals surface area contributed by atoms with Gasteiger partial charge in [-0.3, -0.25) is 14.2 Å². The van der Waals surface area contributed by atoms with Crippen molar-refractivity contribution in [2.75, 3.05) is 35.9 Å². The van der Waals surface area contributed by atoms with Gasteiger partial charge in [0.2, 0.25) is 12.7 Å². The number of nitrogens with zero attached hydrogens (tertiary/aromatic N) is 4. The lowest BCUT2D eigenvalue weighted by atomic mass is 10.3. The molecule has 0 unspecified atom stereocenters. The minimum absolute atomic E-state index is 0.0799. The van der Waals surface area contributed by atoms with E-state index in [1.54, 1.807) is 24.3 Å². The van der Waals surface area contributed by atoms with E-state index < -0.39 is 0 Å². The molecule has 11 heteroatoms. The molecule has 0 bridgehead atoms. The number of thiazole rings is 1. The second-order valence-electron chi connectivity index (χ2n) is 6.83. The van der Waals surface area contributed by atoms with Crippen molar-refractivity contribution in [1.29, 1.82) is 0 Å². The van der Waals surface area contributed by atoms with Crippen molar-refractivity contribution in [2.24, 2.45) is 0 Å². The normalized spacial score (nSPS) is 12.2. The summed E-state index contributed by atoms with van der Waals surface area (Å²) in [7, 11) is 0. The number of benzene rings is 1. The van der Waals surface area contributed by atoms with E-state index in [4.69, 9.17) is 9.47 Å². The first-order valence-electron chi connectivity index (χ1n) is 10.1. The monoisotopic (exact) mass is 473 g/mol. The lowest BCUT2D eigenvalue weighted by Crippen LogP contribution is -2.23. The van der Waals surface area contributed by atoms with E-state index in [1.165, 1.54) is 27.7 Å². The van der Waals surface area contributed by atoms with Gasteiger partial charge in [-0.25, -0.2) is 4.98 Å². The quantitative estimate of drug-likeness (QED) is 0.287. The van der Waals surface area contributed by atoms with Crippen LogP contribution in [-0.4, -0.2) is 46.1 Å². The fraction of sp³-hybridized carbons (Fsp3) is 0.333. The Labute approximate surface area is 193 Å². The van der Waals surface area contributed by atoms with Crippen LogP contribution >= 0.6 is 23.1 Å². The van der Waals surface area contributed by atoms with Crippen LogP contribution in [0.4, 0.5) is 10.8 Å². The number of ether oxygens (including phenoxy) is 2. The molecule has 0 spiro atoms. The Balaban J connectivity index is 1.54. The lowest BCUT2D eigenvalue weighted by molar-refractivity contribution is -0.113. The second-order valence-corrected chi connectivity index (χ2v) is 8.75. The summed E-state index contributed by atoms with van der Waals surface area (Å²) in [6.07, 6.45) is 1.64. The SMILES string of the molecule is C=CCn1c(SCC(=O)Nc2ccc3c(c2)OCO3)nc2nc(N(CC)CC)sc2c1=O. The summed E-state index contributed by atoms with van der Waals surface area (Å²) in [6.45, 7) is 9.87. The summed E-state index contributed by atoms with van der Waals surface area (Å²) >= 11 is 2.52. The summed E-state index contributed by atoms with van der Waals surface area (Å²) in [5.41, 5.74) is 0.834. The summed E-state index contributed by atoms with van der Waals surface area (Å²) in [6, 6.07) is 5.21. The minimum Gasteiger partial charge on any atom is -0.454 e. The van der Waals surface area contributed by atoms with Gasteiger partial charge in [-0.05, 0) is 26.0 Å². The fourth-order valence-corrected chi connectivity index (χ4v) is 5.09. The van der Waals surface area contributed by atoms with Crippen molar-refractivity contribution in [3.63, 3.8) is 0 Å². The molecule has 2 aromatic heterocycles. The van der Waals surface area contributed by atoms with Crippen LogP contribution in [0.1, 0.15) is 13.8 Å².